The number of hydrogen-bond donors (Lipinski definition) is 0. The summed E-state index contributed by atoms with van der Waals surface area (Å²) >= 11 is 0. The van der Waals surface area contributed by atoms with E-state index in [4.69, 9.17) is 0 Å². The van der Waals surface area contributed by atoms with E-state index in [0.717, 1.165) is 25.7 Å². The Morgan fingerprint density at radius 1 is 1.27 bits per heavy atom. The molecular weight excluding hydrogens is 283 g/mol. The zero-order valence-corrected chi connectivity index (χ0v) is 12.6. The van der Waals surface area contributed by atoms with Crippen molar-refractivity contribution < 1.29 is 14.0 Å². The lowest BCUT2D eigenvalue weighted by Crippen LogP contribution is -2.45. The fraction of sp³-hybridized carbons (Fsp3) is 0.529. The van der Waals surface area contributed by atoms with Crippen molar-refractivity contribution in [2.75, 3.05) is 13.1 Å². The molecule has 1 aromatic carbocycles. The maximum Gasteiger partial charge on any atom is 0.242 e. The number of benzene rings is 1. The summed E-state index contributed by atoms with van der Waals surface area (Å²) in [6.45, 7) is 1.07. The number of nitrogens with zero attached hydrogens (tertiary/aromatic N) is 2. The van der Waals surface area contributed by atoms with Gasteiger partial charge in [0.2, 0.25) is 11.8 Å². The van der Waals surface area contributed by atoms with Gasteiger partial charge < -0.3 is 9.80 Å². The quantitative estimate of drug-likeness (QED) is 0.837. The Bertz CT molecular complexity index is 572. The molecule has 2 aliphatic rings. The molecule has 1 saturated carbocycles. The van der Waals surface area contributed by atoms with E-state index in [1.165, 1.54) is 6.07 Å². The minimum atomic E-state index is -0.282. The van der Waals surface area contributed by atoms with E-state index in [-0.39, 0.29) is 36.8 Å². The van der Waals surface area contributed by atoms with Crippen LogP contribution >= 0.6 is 0 Å². The first-order valence-electron chi connectivity index (χ1n) is 7.96. The first kappa shape index (κ1) is 15.0. The Kier molecular flexibility index (Phi) is 4.41. The molecule has 4 nitrogen and oxygen atoms in total. The van der Waals surface area contributed by atoms with Crippen molar-refractivity contribution in [1.29, 1.82) is 0 Å². The zero-order chi connectivity index (χ0) is 15.5. The molecule has 2 amide bonds. The molecule has 0 unspecified atom stereocenters. The third-order valence-electron chi connectivity index (χ3n) is 4.35. The van der Waals surface area contributed by atoms with Gasteiger partial charge in [0.05, 0.1) is 6.54 Å². The fourth-order valence-electron chi connectivity index (χ4n) is 2.90. The summed E-state index contributed by atoms with van der Waals surface area (Å²) in [5, 5.41) is 0. The van der Waals surface area contributed by atoms with Crippen LogP contribution in [0.5, 0.6) is 0 Å². The van der Waals surface area contributed by atoms with Crippen LogP contribution in [0.2, 0.25) is 0 Å². The minimum Gasteiger partial charge on any atom is -0.334 e. The number of piperidine rings is 1. The summed E-state index contributed by atoms with van der Waals surface area (Å²) in [5.74, 6) is -0.294. The van der Waals surface area contributed by atoms with Crippen molar-refractivity contribution in [3.63, 3.8) is 0 Å². The van der Waals surface area contributed by atoms with Gasteiger partial charge in [-0.2, -0.15) is 0 Å². The predicted octanol–water partition coefficient (Wildman–Crippen LogP) is 2.33. The van der Waals surface area contributed by atoms with Crippen LogP contribution < -0.4 is 0 Å². The van der Waals surface area contributed by atoms with E-state index in [1.54, 1.807) is 28.0 Å². The molecular formula is C17H21FN2O2. The summed E-state index contributed by atoms with van der Waals surface area (Å²) in [7, 11) is 0. The van der Waals surface area contributed by atoms with Crippen molar-refractivity contribution in [2.45, 2.75) is 44.7 Å². The molecule has 0 atom stereocenters. The van der Waals surface area contributed by atoms with E-state index in [1.807, 2.05) is 0 Å². The molecule has 118 valence electrons. The van der Waals surface area contributed by atoms with Gasteiger partial charge in [-0.25, -0.2) is 4.39 Å². The predicted molar refractivity (Wildman–Crippen MR) is 80.4 cm³/mol. The Morgan fingerprint density at radius 3 is 2.73 bits per heavy atom. The molecule has 0 bridgehead atoms. The first-order chi connectivity index (χ1) is 10.6. The van der Waals surface area contributed by atoms with E-state index in [0.29, 0.717) is 18.5 Å². The minimum absolute atomic E-state index is 0.0567. The Morgan fingerprint density at radius 2 is 2.05 bits per heavy atom. The van der Waals surface area contributed by atoms with Crippen molar-refractivity contribution in [2.24, 2.45) is 0 Å². The highest BCUT2D eigenvalue weighted by Gasteiger charge is 2.34. The highest BCUT2D eigenvalue weighted by molar-refractivity contribution is 5.85. The van der Waals surface area contributed by atoms with Crippen molar-refractivity contribution in [1.82, 2.24) is 9.80 Å². The monoisotopic (exact) mass is 304 g/mol. The molecule has 5 heteroatoms. The molecule has 0 aromatic heterocycles. The van der Waals surface area contributed by atoms with Gasteiger partial charge in [-0.1, -0.05) is 18.2 Å². The molecule has 1 aliphatic heterocycles. The largest absolute Gasteiger partial charge is 0.334 e. The van der Waals surface area contributed by atoms with Crippen LogP contribution in [0, 0.1) is 5.82 Å². The lowest BCUT2D eigenvalue weighted by atomic mass is 10.1. The van der Waals surface area contributed by atoms with Gasteiger partial charge in [0.15, 0.2) is 0 Å². The van der Waals surface area contributed by atoms with Gasteiger partial charge in [0.25, 0.3) is 0 Å². The number of rotatable bonds is 5. The van der Waals surface area contributed by atoms with Gasteiger partial charge in [0.1, 0.15) is 5.82 Å². The second-order valence-corrected chi connectivity index (χ2v) is 6.12. The van der Waals surface area contributed by atoms with Crippen molar-refractivity contribution >= 4 is 11.8 Å². The lowest BCUT2D eigenvalue weighted by molar-refractivity contribution is -0.142. The highest BCUT2D eigenvalue weighted by Crippen LogP contribution is 2.29. The average Bonchev–Trinajstić information content (AvgIpc) is 3.33. The summed E-state index contributed by atoms with van der Waals surface area (Å²) < 4.78 is 13.8. The SMILES string of the molecule is O=C1CCCCN1CC(=O)N(Cc1ccccc1F)C1CC1. The van der Waals surface area contributed by atoms with Gasteiger partial charge in [-0.15, -0.1) is 0 Å². The maximum absolute atomic E-state index is 13.8. The normalized spacial score (nSPS) is 18.4. The second kappa shape index (κ2) is 6.46. The molecule has 2 fully saturated rings. The highest BCUT2D eigenvalue weighted by atomic mass is 19.1. The third kappa shape index (κ3) is 3.46. The van der Waals surface area contributed by atoms with Gasteiger partial charge in [0, 0.05) is 31.1 Å². The number of likely N-dealkylation sites (tertiary alicyclic amines) is 1. The molecule has 0 N–H and O–H groups in total. The molecule has 1 aliphatic carbocycles. The number of amides is 2. The Labute approximate surface area is 129 Å². The second-order valence-electron chi connectivity index (χ2n) is 6.12. The Balaban J connectivity index is 1.67. The molecule has 0 spiro atoms. The number of hydrogen-bond acceptors (Lipinski definition) is 2. The maximum atomic E-state index is 13.8. The average molecular weight is 304 g/mol. The van der Waals surface area contributed by atoms with Crippen LogP contribution in [0.3, 0.4) is 0 Å². The molecule has 3 rings (SSSR count). The topological polar surface area (TPSA) is 40.6 Å². The van der Waals surface area contributed by atoms with E-state index < -0.39 is 0 Å². The molecule has 0 radical (unpaired) electrons. The third-order valence-corrected chi connectivity index (χ3v) is 4.35. The smallest absolute Gasteiger partial charge is 0.242 e. The Hall–Kier alpha value is -1.91. The van der Waals surface area contributed by atoms with E-state index in [9.17, 15) is 14.0 Å². The zero-order valence-electron chi connectivity index (χ0n) is 12.6. The molecule has 22 heavy (non-hydrogen) atoms. The van der Waals surface area contributed by atoms with Gasteiger partial charge in [-0.05, 0) is 31.7 Å². The van der Waals surface area contributed by atoms with Crippen LogP contribution in [0.25, 0.3) is 0 Å². The van der Waals surface area contributed by atoms with E-state index in [2.05, 4.69) is 0 Å². The van der Waals surface area contributed by atoms with Crippen LogP contribution in [0.15, 0.2) is 24.3 Å². The molecule has 1 aromatic rings. The standard InChI is InChI=1S/C17H21FN2O2/c18-15-6-2-1-5-13(15)11-20(14-8-9-14)17(22)12-19-10-4-3-7-16(19)21/h1-2,5-6,14H,3-4,7-12H2. The van der Waals surface area contributed by atoms with Crippen LogP contribution in [0.4, 0.5) is 4.39 Å². The number of carbonyl (C=O) groups excluding carboxylic acids is 2. The van der Waals surface area contributed by atoms with Crippen molar-refractivity contribution in [3.05, 3.63) is 35.6 Å². The lowest BCUT2D eigenvalue weighted by Gasteiger charge is -2.30. The van der Waals surface area contributed by atoms with Gasteiger partial charge >= 0.3 is 0 Å². The van der Waals surface area contributed by atoms with Crippen LogP contribution in [-0.2, 0) is 16.1 Å². The number of halogens is 1. The summed E-state index contributed by atoms with van der Waals surface area (Å²) in [5.41, 5.74) is 0.535. The fourth-order valence-corrected chi connectivity index (χ4v) is 2.90. The van der Waals surface area contributed by atoms with Gasteiger partial charge in [-0.3, -0.25) is 9.59 Å². The molecule has 1 heterocycles. The first-order valence-corrected chi connectivity index (χ1v) is 7.96. The summed E-state index contributed by atoms with van der Waals surface area (Å²) in [6, 6.07) is 6.76. The van der Waals surface area contributed by atoms with Crippen molar-refractivity contribution in [3.8, 4) is 0 Å². The number of carbonyl (C=O) groups is 2. The summed E-state index contributed by atoms with van der Waals surface area (Å²) in [6.07, 6.45) is 4.33. The van der Waals surface area contributed by atoms with Crippen LogP contribution in [-0.4, -0.2) is 40.7 Å². The summed E-state index contributed by atoms with van der Waals surface area (Å²) in [4.78, 5) is 27.8. The van der Waals surface area contributed by atoms with Crippen LogP contribution in [0.1, 0.15) is 37.7 Å². The molecule has 1 saturated heterocycles. The van der Waals surface area contributed by atoms with E-state index >= 15 is 0 Å².